The lowest BCUT2D eigenvalue weighted by molar-refractivity contribution is 0.446. The quantitative estimate of drug-likeness (QED) is 0.646. The maximum absolute atomic E-state index is 9.75. The van der Waals surface area contributed by atoms with Gasteiger partial charge in [0.2, 0.25) is 0 Å². The monoisotopic (exact) mass is 178 g/mol. The summed E-state index contributed by atoms with van der Waals surface area (Å²) in [5.41, 5.74) is 3.42. The van der Waals surface area contributed by atoms with Gasteiger partial charge in [-0.05, 0) is 42.0 Å². The van der Waals surface area contributed by atoms with E-state index in [9.17, 15) is 5.11 Å². The molecule has 1 aromatic rings. The predicted molar refractivity (Wildman–Crippen MR) is 56.3 cm³/mol. The minimum absolute atomic E-state index is 0.0164. The summed E-state index contributed by atoms with van der Waals surface area (Å²) in [7, 11) is 0. The normalized spacial score (nSPS) is 11.8. The Morgan fingerprint density at radius 1 is 1.00 bits per heavy atom. The van der Waals surface area contributed by atoms with Crippen LogP contribution in [0.15, 0.2) is 12.1 Å². The number of aromatic hydroxyl groups is 1. The van der Waals surface area contributed by atoms with Gasteiger partial charge in [-0.25, -0.2) is 0 Å². The number of hydrogen-bond acceptors (Lipinski definition) is 1. The van der Waals surface area contributed by atoms with Gasteiger partial charge in [-0.3, -0.25) is 0 Å². The molecule has 0 saturated carbocycles. The first-order chi connectivity index (χ1) is 5.82. The van der Waals surface area contributed by atoms with Crippen molar-refractivity contribution in [2.75, 3.05) is 0 Å². The summed E-state index contributed by atoms with van der Waals surface area (Å²) in [5, 5.41) is 9.75. The van der Waals surface area contributed by atoms with Crippen molar-refractivity contribution >= 4 is 0 Å². The molecule has 1 aromatic carbocycles. The van der Waals surface area contributed by atoms with Gasteiger partial charge >= 0.3 is 0 Å². The largest absolute Gasteiger partial charge is 0.508 e. The molecule has 1 heteroatoms. The highest BCUT2D eigenvalue weighted by atomic mass is 16.3. The van der Waals surface area contributed by atoms with Crippen LogP contribution in [0.5, 0.6) is 5.75 Å². The molecule has 0 atom stereocenters. The molecular weight excluding hydrogens is 160 g/mol. The van der Waals surface area contributed by atoms with Gasteiger partial charge in [-0.1, -0.05) is 26.8 Å². The summed E-state index contributed by atoms with van der Waals surface area (Å²) in [6.45, 7) is 10.4. The van der Waals surface area contributed by atoms with E-state index in [1.54, 1.807) is 0 Å². The summed E-state index contributed by atoms with van der Waals surface area (Å²) in [6.07, 6.45) is 0. The Hall–Kier alpha value is -0.980. The minimum atomic E-state index is 0.0164. The van der Waals surface area contributed by atoms with E-state index in [4.69, 9.17) is 0 Å². The average molecular weight is 178 g/mol. The van der Waals surface area contributed by atoms with E-state index in [-0.39, 0.29) is 5.41 Å². The molecule has 1 rings (SSSR count). The van der Waals surface area contributed by atoms with E-state index < -0.39 is 0 Å². The molecule has 0 aliphatic heterocycles. The highest BCUT2D eigenvalue weighted by Crippen LogP contribution is 2.32. The van der Waals surface area contributed by atoms with Crippen molar-refractivity contribution in [3.05, 3.63) is 28.8 Å². The molecule has 0 aliphatic carbocycles. The maximum Gasteiger partial charge on any atom is 0.119 e. The number of phenols is 1. The molecule has 0 fully saturated rings. The Morgan fingerprint density at radius 2 is 1.46 bits per heavy atom. The summed E-state index contributed by atoms with van der Waals surface area (Å²) in [4.78, 5) is 0. The second-order valence-electron chi connectivity index (χ2n) is 4.70. The van der Waals surface area contributed by atoms with Gasteiger partial charge in [0.25, 0.3) is 0 Å². The Balaban J connectivity index is 3.32. The smallest absolute Gasteiger partial charge is 0.119 e. The van der Waals surface area contributed by atoms with Crippen molar-refractivity contribution in [2.24, 2.45) is 0 Å². The summed E-state index contributed by atoms with van der Waals surface area (Å²) < 4.78 is 0. The van der Waals surface area contributed by atoms with Crippen LogP contribution in [-0.4, -0.2) is 5.11 Å². The molecule has 0 unspecified atom stereocenters. The molecule has 0 saturated heterocycles. The van der Waals surface area contributed by atoms with Gasteiger partial charge in [0, 0.05) is 0 Å². The van der Waals surface area contributed by atoms with Crippen LogP contribution in [0, 0.1) is 13.8 Å². The van der Waals surface area contributed by atoms with E-state index in [1.807, 2.05) is 13.0 Å². The van der Waals surface area contributed by atoms with E-state index in [0.717, 1.165) is 11.1 Å². The molecule has 0 aromatic heterocycles. The lowest BCUT2D eigenvalue weighted by atomic mass is 9.84. The fraction of sp³-hybridized carbons (Fsp3) is 0.500. The molecular formula is C12H18O. The Bertz CT molecular complexity index is 319. The zero-order chi connectivity index (χ0) is 10.2. The second-order valence-corrected chi connectivity index (χ2v) is 4.70. The van der Waals surface area contributed by atoms with Crippen molar-refractivity contribution in [2.45, 2.75) is 40.0 Å². The highest BCUT2D eigenvalue weighted by Gasteiger charge is 2.18. The van der Waals surface area contributed by atoms with E-state index in [1.165, 1.54) is 5.56 Å². The third-order valence-electron chi connectivity index (χ3n) is 2.42. The first-order valence-electron chi connectivity index (χ1n) is 4.63. The van der Waals surface area contributed by atoms with Crippen LogP contribution in [0.2, 0.25) is 0 Å². The third-order valence-corrected chi connectivity index (χ3v) is 2.42. The van der Waals surface area contributed by atoms with E-state index in [2.05, 4.69) is 33.8 Å². The molecule has 72 valence electrons. The standard InChI is InChI=1S/C12H18O/c1-8-6-10(12(3,4)5)11(13)7-9(8)2/h6-7,13H,1-5H3. The maximum atomic E-state index is 9.75. The fourth-order valence-electron chi connectivity index (χ4n) is 1.40. The zero-order valence-corrected chi connectivity index (χ0v) is 9.10. The summed E-state index contributed by atoms with van der Waals surface area (Å²) in [6, 6.07) is 3.92. The SMILES string of the molecule is Cc1cc(O)c(C(C)(C)C)cc1C. The molecule has 1 nitrogen and oxygen atoms in total. The fourth-order valence-corrected chi connectivity index (χ4v) is 1.40. The molecule has 1 N–H and O–H groups in total. The van der Waals surface area contributed by atoms with Crippen LogP contribution in [0.4, 0.5) is 0 Å². The zero-order valence-electron chi connectivity index (χ0n) is 9.10. The van der Waals surface area contributed by atoms with Gasteiger partial charge in [-0.2, -0.15) is 0 Å². The Kier molecular flexibility index (Phi) is 2.38. The average Bonchev–Trinajstić information content (AvgIpc) is 1.94. The van der Waals surface area contributed by atoms with Crippen LogP contribution in [0.1, 0.15) is 37.5 Å². The highest BCUT2D eigenvalue weighted by molar-refractivity contribution is 5.44. The molecule has 0 bridgehead atoms. The van der Waals surface area contributed by atoms with E-state index >= 15 is 0 Å². The van der Waals surface area contributed by atoms with E-state index in [0.29, 0.717) is 5.75 Å². The first-order valence-corrected chi connectivity index (χ1v) is 4.63. The number of hydrogen-bond donors (Lipinski definition) is 1. The number of phenolic OH excluding ortho intramolecular Hbond substituents is 1. The number of benzene rings is 1. The van der Waals surface area contributed by atoms with Crippen LogP contribution >= 0.6 is 0 Å². The first kappa shape index (κ1) is 10.1. The van der Waals surface area contributed by atoms with Gasteiger partial charge < -0.3 is 5.11 Å². The van der Waals surface area contributed by atoms with Crippen molar-refractivity contribution in [3.63, 3.8) is 0 Å². The molecule has 0 amide bonds. The van der Waals surface area contributed by atoms with Crippen LogP contribution in [-0.2, 0) is 5.41 Å². The van der Waals surface area contributed by atoms with Crippen molar-refractivity contribution in [1.82, 2.24) is 0 Å². The molecule has 13 heavy (non-hydrogen) atoms. The van der Waals surface area contributed by atoms with Gasteiger partial charge in [-0.15, -0.1) is 0 Å². The minimum Gasteiger partial charge on any atom is -0.508 e. The lowest BCUT2D eigenvalue weighted by Gasteiger charge is -2.21. The van der Waals surface area contributed by atoms with Crippen LogP contribution < -0.4 is 0 Å². The van der Waals surface area contributed by atoms with Gasteiger partial charge in [0.15, 0.2) is 0 Å². The molecule has 0 heterocycles. The topological polar surface area (TPSA) is 20.2 Å². The molecule has 0 aliphatic rings. The van der Waals surface area contributed by atoms with Crippen molar-refractivity contribution in [1.29, 1.82) is 0 Å². The van der Waals surface area contributed by atoms with Crippen molar-refractivity contribution < 1.29 is 5.11 Å². The summed E-state index contributed by atoms with van der Waals surface area (Å²) in [5.74, 6) is 0.413. The number of rotatable bonds is 0. The predicted octanol–water partition coefficient (Wildman–Crippen LogP) is 3.31. The van der Waals surface area contributed by atoms with Crippen molar-refractivity contribution in [3.8, 4) is 5.75 Å². The van der Waals surface area contributed by atoms with Crippen LogP contribution in [0.25, 0.3) is 0 Å². The lowest BCUT2D eigenvalue weighted by Crippen LogP contribution is -2.11. The Morgan fingerprint density at radius 3 is 1.92 bits per heavy atom. The Labute approximate surface area is 80.4 Å². The molecule has 0 radical (unpaired) electrons. The second kappa shape index (κ2) is 3.06. The van der Waals surface area contributed by atoms with Gasteiger partial charge in [0.05, 0.1) is 0 Å². The number of aryl methyl sites for hydroxylation is 2. The summed E-state index contributed by atoms with van der Waals surface area (Å²) >= 11 is 0. The van der Waals surface area contributed by atoms with Crippen LogP contribution in [0.3, 0.4) is 0 Å². The third kappa shape index (κ3) is 2.03. The molecule has 0 spiro atoms. The van der Waals surface area contributed by atoms with Gasteiger partial charge in [0.1, 0.15) is 5.75 Å².